The summed E-state index contributed by atoms with van der Waals surface area (Å²) in [7, 11) is 0. The predicted octanol–water partition coefficient (Wildman–Crippen LogP) is -2.07. The fourth-order valence-corrected chi connectivity index (χ4v) is 8.73. The summed E-state index contributed by atoms with van der Waals surface area (Å²) in [5.74, 6) is -7.40. The van der Waals surface area contributed by atoms with Crippen LogP contribution in [0.3, 0.4) is 0 Å². The Balaban J connectivity index is 2.72. The van der Waals surface area contributed by atoms with Crippen molar-refractivity contribution in [2.75, 3.05) is 32.7 Å². The number of aliphatic imine (C=N–C) groups is 1. The highest BCUT2D eigenvalue weighted by Crippen LogP contribution is 2.13. The van der Waals surface area contributed by atoms with Gasteiger partial charge in [-0.2, -0.15) is 0 Å². The van der Waals surface area contributed by atoms with Gasteiger partial charge in [-0.1, -0.05) is 97.1 Å². The van der Waals surface area contributed by atoms with Crippen LogP contribution < -0.4 is 76.5 Å². The molecule has 0 bridgehead atoms. The van der Waals surface area contributed by atoms with Gasteiger partial charge in [-0.05, 0) is 94.8 Å². The molecule has 0 aliphatic carbocycles. The van der Waals surface area contributed by atoms with Crippen molar-refractivity contribution in [3.8, 4) is 0 Å². The zero-order chi connectivity index (χ0) is 58.2. The number of carbonyl (C=O) groups is 9. The van der Waals surface area contributed by atoms with Crippen molar-refractivity contribution in [3.63, 3.8) is 0 Å². The average Bonchev–Trinajstić information content (AvgIpc) is 3.37. The second kappa shape index (κ2) is 37.4. The third-order valence-electron chi connectivity index (χ3n) is 12.9. The molecule has 9 amide bonds. The molecule has 1 aliphatic heterocycles. The van der Waals surface area contributed by atoms with Crippen molar-refractivity contribution in [1.29, 1.82) is 0 Å². The Morgan fingerprint density at radius 2 is 1.13 bits per heavy atom. The number of aliphatic hydroxyl groups excluding tert-OH is 1. The highest BCUT2D eigenvalue weighted by Gasteiger charge is 2.36. The first-order valence-corrected chi connectivity index (χ1v) is 27.7. The molecule has 1 aromatic rings. The molecular formula is C53H93N15O10. The Morgan fingerprint density at radius 1 is 0.628 bits per heavy atom. The first kappa shape index (κ1) is 67.7. The van der Waals surface area contributed by atoms with E-state index in [1.165, 1.54) is 0 Å². The smallest absolute Gasteiger partial charge is 0.243 e. The Morgan fingerprint density at radius 3 is 1.67 bits per heavy atom. The molecule has 0 saturated carbocycles. The lowest BCUT2D eigenvalue weighted by Crippen LogP contribution is -2.61. The number of amides is 9. The van der Waals surface area contributed by atoms with E-state index < -0.39 is 108 Å². The first-order chi connectivity index (χ1) is 37.1. The van der Waals surface area contributed by atoms with Crippen LogP contribution in [0.25, 0.3) is 0 Å². The van der Waals surface area contributed by atoms with Crippen molar-refractivity contribution >= 4 is 59.1 Å². The molecule has 1 unspecified atom stereocenters. The standard InChI is InChI=1S/C53H93N15O10/c1-6-7-8-9-13-17-35(69)31-44(70)61-37(19-23-54)47(73)65-40-22-27-59-45(71)41(28-32(2)3)66-48(74)38(20-24-55)63-46(72)36(18-14-26-60-53(57)58)62-51(77)42(29-33(4)5)67-52(78)43(30-34-15-11-10-12-16-34)68-49(75)39(21-25-56)64-50(40)76/h10-12,15-16,32-33,35-43,69H,6-9,13-14,17-31,54-56H2,1-5H3,(H,59,71)(H,61,70)(H,62,77)(H,63,72)(H,64,76)(H,65,73)(H,66,74)(H,67,78)(H,68,75)(H4,57,58,60)/t35-,36+,37?,38+,39+,40+,41+,42+,43-/m1/s1. The van der Waals surface area contributed by atoms with Crippen molar-refractivity contribution in [3.05, 3.63) is 35.9 Å². The molecule has 1 fully saturated rings. The summed E-state index contributed by atoms with van der Waals surface area (Å²) in [5.41, 5.74) is 29.5. The van der Waals surface area contributed by atoms with E-state index in [0.717, 1.165) is 32.1 Å². The van der Waals surface area contributed by atoms with Gasteiger partial charge in [0.1, 0.15) is 48.3 Å². The van der Waals surface area contributed by atoms with Crippen molar-refractivity contribution in [1.82, 2.24) is 47.9 Å². The van der Waals surface area contributed by atoms with Gasteiger partial charge in [0.05, 0.1) is 12.5 Å². The minimum absolute atomic E-state index is 0.0137. The second-order valence-electron chi connectivity index (χ2n) is 20.8. The molecule has 1 aromatic carbocycles. The third-order valence-corrected chi connectivity index (χ3v) is 12.9. The average molecular weight is 1100 g/mol. The Bertz CT molecular complexity index is 2080. The molecule has 1 saturated heterocycles. The number of nitrogens with one attached hydrogen (secondary N) is 9. The van der Waals surface area contributed by atoms with E-state index in [2.05, 4.69) is 59.8 Å². The second-order valence-corrected chi connectivity index (χ2v) is 20.8. The SMILES string of the molecule is CCCCCCC[C@@H](O)CC(=O)NC(CCN)C(=O)N[C@H]1CCNC(=O)[C@H](CC(C)C)NC(=O)[C@H](CCN)NC(=O)[C@H](CCCN=C(N)N)NC(=O)[C@H](CC(C)C)NC(=O)[C@@H](Cc2ccccc2)NC(=O)[C@H](CCN)NC1=O. The molecule has 25 nitrogen and oxygen atoms in total. The van der Waals surface area contributed by atoms with Gasteiger partial charge in [-0.15, -0.1) is 0 Å². The van der Waals surface area contributed by atoms with Crippen LogP contribution in [0.5, 0.6) is 0 Å². The predicted molar refractivity (Wildman–Crippen MR) is 297 cm³/mol. The number of rotatable bonds is 27. The van der Waals surface area contributed by atoms with Crippen LogP contribution in [-0.2, 0) is 49.6 Å². The summed E-state index contributed by atoms with van der Waals surface area (Å²) >= 11 is 0. The molecule has 1 heterocycles. The molecule has 440 valence electrons. The molecule has 0 spiro atoms. The fraction of sp³-hybridized carbons (Fsp3) is 0.698. The number of nitrogens with zero attached hydrogens (tertiary/aromatic N) is 1. The zero-order valence-corrected chi connectivity index (χ0v) is 46.5. The van der Waals surface area contributed by atoms with Crippen LogP contribution in [-0.4, -0.2) is 151 Å². The minimum atomic E-state index is -1.48. The van der Waals surface area contributed by atoms with Crippen LogP contribution in [0.15, 0.2) is 35.3 Å². The van der Waals surface area contributed by atoms with E-state index >= 15 is 0 Å². The largest absolute Gasteiger partial charge is 0.393 e. The van der Waals surface area contributed by atoms with Gasteiger partial charge in [0.15, 0.2) is 5.96 Å². The van der Waals surface area contributed by atoms with Crippen molar-refractivity contribution < 1.29 is 48.3 Å². The van der Waals surface area contributed by atoms with Gasteiger partial charge in [-0.25, -0.2) is 0 Å². The molecule has 2 rings (SSSR count). The Labute approximate surface area is 459 Å². The molecule has 78 heavy (non-hydrogen) atoms. The normalized spacial score (nSPS) is 22.3. The summed E-state index contributed by atoms with van der Waals surface area (Å²) < 4.78 is 0. The molecule has 0 radical (unpaired) electrons. The number of unbranched alkanes of at least 4 members (excludes halogenated alkanes) is 4. The lowest BCUT2D eigenvalue weighted by Gasteiger charge is -2.28. The summed E-state index contributed by atoms with van der Waals surface area (Å²) in [6.45, 7) is 8.97. The fourth-order valence-electron chi connectivity index (χ4n) is 8.73. The van der Waals surface area contributed by atoms with Crippen LogP contribution >= 0.6 is 0 Å². The van der Waals surface area contributed by atoms with Crippen LogP contribution in [0.2, 0.25) is 0 Å². The van der Waals surface area contributed by atoms with E-state index in [4.69, 9.17) is 28.7 Å². The number of hydrogen-bond acceptors (Lipinski definition) is 14. The van der Waals surface area contributed by atoms with Crippen LogP contribution in [0, 0.1) is 11.8 Å². The maximum absolute atomic E-state index is 14.5. The summed E-state index contributed by atoms with van der Waals surface area (Å²) in [6.07, 6.45) is 3.68. The number of benzene rings is 1. The van der Waals surface area contributed by atoms with Gasteiger partial charge >= 0.3 is 0 Å². The number of guanidine groups is 1. The highest BCUT2D eigenvalue weighted by molar-refractivity contribution is 5.98. The topological polar surface area (TPSA) is 425 Å². The van der Waals surface area contributed by atoms with Crippen LogP contribution in [0.4, 0.5) is 0 Å². The molecule has 0 aromatic heterocycles. The number of aliphatic hydroxyl groups is 1. The van der Waals surface area contributed by atoms with Crippen molar-refractivity contribution in [2.45, 2.75) is 192 Å². The van der Waals surface area contributed by atoms with Gasteiger partial charge in [0, 0.05) is 19.5 Å². The minimum Gasteiger partial charge on any atom is -0.393 e. The monoisotopic (exact) mass is 1100 g/mol. The van der Waals surface area contributed by atoms with E-state index in [-0.39, 0.29) is 115 Å². The molecule has 20 N–H and O–H groups in total. The van der Waals surface area contributed by atoms with Crippen molar-refractivity contribution in [2.24, 2.45) is 45.5 Å². The first-order valence-electron chi connectivity index (χ1n) is 27.7. The summed E-state index contributed by atoms with van der Waals surface area (Å²) in [6, 6.07) is -1.77. The highest BCUT2D eigenvalue weighted by atomic mass is 16.3. The Hall–Kier alpha value is -6.44. The maximum Gasteiger partial charge on any atom is 0.243 e. The summed E-state index contributed by atoms with van der Waals surface area (Å²) in [5, 5.41) is 34.9. The maximum atomic E-state index is 14.5. The van der Waals surface area contributed by atoms with E-state index in [0.29, 0.717) is 12.0 Å². The quantitative estimate of drug-likeness (QED) is 0.0256. The lowest BCUT2D eigenvalue weighted by molar-refractivity contribution is -0.136. The zero-order valence-electron chi connectivity index (χ0n) is 46.5. The van der Waals surface area contributed by atoms with Gasteiger partial charge in [0.2, 0.25) is 53.2 Å². The summed E-state index contributed by atoms with van der Waals surface area (Å²) in [4.78, 5) is 131. The number of hydrogen-bond donors (Lipinski definition) is 15. The van der Waals surface area contributed by atoms with E-state index in [1.54, 1.807) is 30.3 Å². The van der Waals surface area contributed by atoms with E-state index in [1.807, 2.05) is 27.7 Å². The number of nitrogens with two attached hydrogens (primary N) is 5. The van der Waals surface area contributed by atoms with Gasteiger partial charge < -0.3 is 81.6 Å². The Kier molecular flexibility index (Phi) is 32.4. The molecule has 25 heteroatoms. The van der Waals surface area contributed by atoms with Gasteiger partial charge in [0.25, 0.3) is 0 Å². The van der Waals surface area contributed by atoms with Crippen LogP contribution in [0.1, 0.15) is 136 Å². The molecule has 9 atom stereocenters. The molecule has 1 aliphatic rings. The lowest BCUT2D eigenvalue weighted by atomic mass is 10.00. The van der Waals surface area contributed by atoms with Gasteiger partial charge in [-0.3, -0.25) is 48.1 Å². The molecular weight excluding hydrogens is 1010 g/mol. The third kappa shape index (κ3) is 26.7. The number of carbonyl (C=O) groups excluding carboxylic acids is 9. The van der Waals surface area contributed by atoms with E-state index in [9.17, 15) is 48.3 Å².